The maximum atomic E-state index is 10.9. The average Bonchev–Trinajstić information content (AvgIpc) is 2.06. The van der Waals surface area contributed by atoms with Crippen molar-refractivity contribution in [1.82, 2.24) is 0 Å². The van der Waals surface area contributed by atoms with Crippen molar-refractivity contribution in [1.29, 1.82) is 0 Å². The van der Waals surface area contributed by atoms with Gasteiger partial charge in [-0.1, -0.05) is 24.8 Å². The first kappa shape index (κ1) is 8.88. The molecule has 0 spiro atoms. The van der Waals surface area contributed by atoms with Crippen LogP contribution in [0.2, 0.25) is 0 Å². The second-order valence-electron chi connectivity index (χ2n) is 1.95. The Hall–Kier alpha value is -1.21. The summed E-state index contributed by atoms with van der Waals surface area (Å²) in [5, 5.41) is 0. The molecule has 3 nitrogen and oxygen atoms in total. The molecule has 0 N–H and O–H groups in total. The molecule has 0 aliphatic rings. The zero-order valence-electron chi connectivity index (χ0n) is 6.40. The van der Waals surface area contributed by atoms with E-state index in [1.165, 1.54) is 0 Å². The lowest BCUT2D eigenvalue weighted by Gasteiger charge is -2.03. The molecule has 1 rings (SSSR count). The van der Waals surface area contributed by atoms with E-state index in [0.717, 1.165) is 6.26 Å². The van der Waals surface area contributed by atoms with E-state index >= 15 is 0 Å². The van der Waals surface area contributed by atoms with Crippen molar-refractivity contribution in [2.24, 2.45) is 0 Å². The summed E-state index contributed by atoms with van der Waals surface area (Å²) in [6.45, 7) is 3.27. The van der Waals surface area contributed by atoms with Crippen molar-refractivity contribution in [3.05, 3.63) is 43.2 Å². The van der Waals surface area contributed by atoms with Crippen LogP contribution in [-0.2, 0) is 9.09 Å². The minimum absolute atomic E-state index is 0.531. The normalized spacial score (nSPS) is 11.7. The Labute approximate surface area is 71.6 Å². The number of hydrogen-bond donors (Lipinski definition) is 0. The number of para-hydroxylation sites is 1. The highest BCUT2D eigenvalue weighted by Crippen LogP contribution is 2.27. The van der Waals surface area contributed by atoms with Crippen molar-refractivity contribution in [2.75, 3.05) is 0 Å². The molecule has 0 aromatic heterocycles. The van der Waals surface area contributed by atoms with E-state index in [9.17, 15) is 4.57 Å². The van der Waals surface area contributed by atoms with E-state index in [2.05, 4.69) is 11.1 Å². The molecule has 1 unspecified atom stereocenters. The molecule has 0 amide bonds. The number of benzene rings is 1. The Balaban J connectivity index is 2.52. The first-order valence-electron chi connectivity index (χ1n) is 3.37. The van der Waals surface area contributed by atoms with E-state index < -0.39 is 8.25 Å². The van der Waals surface area contributed by atoms with E-state index in [0.29, 0.717) is 5.75 Å². The molecule has 0 saturated heterocycles. The first-order valence-corrected chi connectivity index (χ1v) is 4.60. The molecule has 0 aliphatic heterocycles. The first-order chi connectivity index (χ1) is 5.83. The van der Waals surface area contributed by atoms with Gasteiger partial charge in [-0.15, -0.1) is 0 Å². The van der Waals surface area contributed by atoms with Gasteiger partial charge in [-0.25, -0.2) is 4.57 Å². The molecule has 0 radical (unpaired) electrons. The molecule has 4 heteroatoms. The summed E-state index contributed by atoms with van der Waals surface area (Å²) in [6, 6.07) is 8.83. The minimum atomic E-state index is -2.46. The van der Waals surface area contributed by atoms with Crippen LogP contribution in [0.15, 0.2) is 43.2 Å². The highest BCUT2D eigenvalue weighted by molar-refractivity contribution is 7.33. The third kappa shape index (κ3) is 2.81. The molecule has 1 aromatic carbocycles. The van der Waals surface area contributed by atoms with Crippen molar-refractivity contribution >= 4 is 8.25 Å². The standard InChI is InChI=1S/C8H9O3P/c1-2-10-12(9)11-8-6-4-3-5-7-8/h2-7,12H,1H2. The van der Waals surface area contributed by atoms with Gasteiger partial charge in [0.1, 0.15) is 5.75 Å². The van der Waals surface area contributed by atoms with Crippen LogP contribution < -0.4 is 4.52 Å². The Morgan fingerprint density at radius 1 is 1.33 bits per heavy atom. The summed E-state index contributed by atoms with van der Waals surface area (Å²) in [4.78, 5) is 0. The summed E-state index contributed by atoms with van der Waals surface area (Å²) in [5.41, 5.74) is 0. The molecule has 0 bridgehead atoms. The maximum absolute atomic E-state index is 10.9. The molecule has 0 saturated carbocycles. The van der Waals surface area contributed by atoms with Crippen LogP contribution in [0.5, 0.6) is 5.75 Å². The second-order valence-corrected chi connectivity index (χ2v) is 2.89. The SMILES string of the molecule is C=CO[PH](=O)Oc1ccccc1. The summed E-state index contributed by atoms with van der Waals surface area (Å²) < 4.78 is 20.3. The Kier molecular flexibility index (Phi) is 3.42. The molecule has 12 heavy (non-hydrogen) atoms. The highest BCUT2D eigenvalue weighted by Gasteiger charge is 1.97. The lowest BCUT2D eigenvalue weighted by Crippen LogP contribution is -1.80. The van der Waals surface area contributed by atoms with Gasteiger partial charge >= 0.3 is 8.25 Å². The Bertz CT molecular complexity index is 271. The third-order valence-electron chi connectivity index (χ3n) is 1.12. The molecule has 0 heterocycles. The van der Waals surface area contributed by atoms with Gasteiger partial charge in [0.15, 0.2) is 0 Å². The summed E-state index contributed by atoms with van der Waals surface area (Å²) in [5.74, 6) is 0.531. The van der Waals surface area contributed by atoms with E-state index in [1.807, 2.05) is 6.07 Å². The highest BCUT2D eigenvalue weighted by atomic mass is 31.1. The Morgan fingerprint density at radius 2 is 2.00 bits per heavy atom. The zero-order chi connectivity index (χ0) is 8.81. The smallest absolute Gasteiger partial charge is 0.418 e. The summed E-state index contributed by atoms with van der Waals surface area (Å²) >= 11 is 0. The van der Waals surface area contributed by atoms with Gasteiger partial charge in [0.2, 0.25) is 0 Å². The summed E-state index contributed by atoms with van der Waals surface area (Å²) in [6.07, 6.45) is 1.10. The van der Waals surface area contributed by atoms with Crippen LogP contribution in [0.4, 0.5) is 0 Å². The van der Waals surface area contributed by atoms with Gasteiger partial charge in [0.25, 0.3) is 0 Å². The number of rotatable bonds is 4. The molecular formula is C8H9O3P. The average molecular weight is 184 g/mol. The monoisotopic (exact) mass is 184 g/mol. The van der Waals surface area contributed by atoms with Crippen molar-refractivity contribution in [2.45, 2.75) is 0 Å². The fraction of sp³-hybridized carbons (Fsp3) is 0. The van der Waals surface area contributed by atoms with E-state index in [1.54, 1.807) is 24.3 Å². The van der Waals surface area contributed by atoms with Gasteiger partial charge in [-0.05, 0) is 12.1 Å². The van der Waals surface area contributed by atoms with Gasteiger partial charge in [0, 0.05) is 0 Å². The fourth-order valence-corrected chi connectivity index (χ4v) is 1.19. The molecule has 64 valence electrons. The van der Waals surface area contributed by atoms with E-state index in [4.69, 9.17) is 4.52 Å². The van der Waals surface area contributed by atoms with Gasteiger partial charge in [-0.2, -0.15) is 0 Å². The quantitative estimate of drug-likeness (QED) is 0.533. The fourth-order valence-electron chi connectivity index (χ4n) is 0.677. The largest absolute Gasteiger partial charge is 0.427 e. The minimum Gasteiger partial charge on any atom is -0.427 e. The van der Waals surface area contributed by atoms with Gasteiger partial charge in [-0.3, -0.25) is 0 Å². The maximum Gasteiger partial charge on any atom is 0.418 e. The van der Waals surface area contributed by atoms with Gasteiger partial charge in [0.05, 0.1) is 6.26 Å². The predicted molar refractivity (Wildman–Crippen MR) is 47.4 cm³/mol. The van der Waals surface area contributed by atoms with Gasteiger partial charge < -0.3 is 9.05 Å². The van der Waals surface area contributed by atoms with Crippen LogP contribution in [0.25, 0.3) is 0 Å². The van der Waals surface area contributed by atoms with Crippen LogP contribution in [-0.4, -0.2) is 0 Å². The lowest BCUT2D eigenvalue weighted by molar-refractivity contribution is 0.384. The molecule has 0 fully saturated rings. The van der Waals surface area contributed by atoms with Crippen molar-refractivity contribution in [3.63, 3.8) is 0 Å². The second kappa shape index (κ2) is 4.62. The number of hydrogen-bond acceptors (Lipinski definition) is 3. The lowest BCUT2D eigenvalue weighted by atomic mass is 10.3. The van der Waals surface area contributed by atoms with Crippen LogP contribution >= 0.6 is 8.25 Å². The molecular weight excluding hydrogens is 175 g/mol. The zero-order valence-corrected chi connectivity index (χ0v) is 7.40. The Morgan fingerprint density at radius 3 is 2.58 bits per heavy atom. The van der Waals surface area contributed by atoms with Crippen molar-refractivity contribution in [3.8, 4) is 5.75 Å². The summed E-state index contributed by atoms with van der Waals surface area (Å²) in [7, 11) is -2.46. The molecule has 1 atom stereocenters. The van der Waals surface area contributed by atoms with E-state index in [-0.39, 0.29) is 0 Å². The predicted octanol–water partition coefficient (Wildman–Crippen LogP) is 2.62. The van der Waals surface area contributed by atoms with Crippen LogP contribution in [0, 0.1) is 0 Å². The van der Waals surface area contributed by atoms with Crippen LogP contribution in [0.1, 0.15) is 0 Å². The molecule has 0 aliphatic carbocycles. The third-order valence-corrected chi connectivity index (χ3v) is 1.89. The van der Waals surface area contributed by atoms with Crippen molar-refractivity contribution < 1.29 is 13.6 Å². The van der Waals surface area contributed by atoms with Crippen LogP contribution in [0.3, 0.4) is 0 Å². The molecule has 1 aromatic rings. The topological polar surface area (TPSA) is 35.5 Å².